The van der Waals surface area contributed by atoms with Crippen molar-refractivity contribution >= 4 is 7.12 Å². The fourth-order valence-corrected chi connectivity index (χ4v) is 2.38. The Hall–Kier alpha value is -0.0151. The van der Waals surface area contributed by atoms with Gasteiger partial charge in [0.1, 0.15) is 0 Å². The molecule has 0 spiro atoms. The Labute approximate surface area is 93.9 Å². The molecule has 0 aromatic carbocycles. The quantitative estimate of drug-likeness (QED) is 0.652. The van der Waals surface area contributed by atoms with Crippen molar-refractivity contribution in [2.45, 2.75) is 65.0 Å². The van der Waals surface area contributed by atoms with Crippen LogP contribution in [0.15, 0.2) is 0 Å². The Morgan fingerprint density at radius 3 is 1.87 bits per heavy atom. The molecule has 3 heteroatoms. The molecule has 2 nitrogen and oxygen atoms in total. The zero-order valence-corrected chi connectivity index (χ0v) is 10.8. The van der Waals surface area contributed by atoms with E-state index in [0.717, 1.165) is 11.8 Å². The lowest BCUT2D eigenvalue weighted by Gasteiger charge is -2.32. The summed E-state index contributed by atoms with van der Waals surface area (Å²) >= 11 is 0. The van der Waals surface area contributed by atoms with E-state index in [-0.39, 0.29) is 18.3 Å². The highest BCUT2D eigenvalue weighted by Crippen LogP contribution is 2.55. The lowest BCUT2D eigenvalue weighted by atomic mass is 9.79. The largest absolute Gasteiger partial charge is 0.461 e. The van der Waals surface area contributed by atoms with Crippen LogP contribution >= 0.6 is 0 Å². The van der Waals surface area contributed by atoms with E-state index in [1.807, 2.05) is 0 Å². The van der Waals surface area contributed by atoms with E-state index >= 15 is 0 Å². The highest BCUT2D eigenvalue weighted by Gasteiger charge is 2.59. The first kappa shape index (κ1) is 11.5. The molecule has 0 bridgehead atoms. The Kier molecular flexibility index (Phi) is 2.48. The average Bonchev–Trinajstić information content (AvgIpc) is 2.75. The maximum Gasteiger partial charge on any atom is 0.461 e. The molecule has 0 radical (unpaired) electrons. The normalized spacial score (nSPS) is 37.4. The van der Waals surface area contributed by atoms with Gasteiger partial charge >= 0.3 is 7.12 Å². The van der Waals surface area contributed by atoms with E-state index in [1.54, 1.807) is 0 Å². The zero-order chi connectivity index (χ0) is 11.4. The summed E-state index contributed by atoms with van der Waals surface area (Å²) in [5, 5.41) is 0. The lowest BCUT2D eigenvalue weighted by molar-refractivity contribution is 0.00578. The van der Waals surface area contributed by atoms with Gasteiger partial charge < -0.3 is 9.31 Å². The topological polar surface area (TPSA) is 18.5 Å². The minimum Gasteiger partial charge on any atom is -0.403 e. The van der Waals surface area contributed by atoms with E-state index in [1.165, 1.54) is 6.42 Å². The van der Waals surface area contributed by atoms with Crippen molar-refractivity contribution in [1.29, 1.82) is 0 Å². The molecule has 1 saturated heterocycles. The van der Waals surface area contributed by atoms with E-state index in [2.05, 4.69) is 41.5 Å². The SMILES string of the molecule is CC(C)[C@H]1C[C@@H]1B1OC(C)(C)C(C)(C)O1. The third-order valence-corrected chi connectivity index (χ3v) is 4.37. The van der Waals surface area contributed by atoms with Crippen LogP contribution in [0.5, 0.6) is 0 Å². The fourth-order valence-electron chi connectivity index (χ4n) is 2.38. The number of hydrogen-bond acceptors (Lipinski definition) is 2. The summed E-state index contributed by atoms with van der Waals surface area (Å²) in [7, 11) is 0.0300. The fraction of sp³-hybridized carbons (Fsp3) is 1.00. The molecule has 15 heavy (non-hydrogen) atoms. The Morgan fingerprint density at radius 2 is 1.53 bits per heavy atom. The van der Waals surface area contributed by atoms with E-state index in [0.29, 0.717) is 5.82 Å². The van der Waals surface area contributed by atoms with Gasteiger partial charge in [-0.25, -0.2) is 0 Å². The monoisotopic (exact) mass is 210 g/mol. The summed E-state index contributed by atoms with van der Waals surface area (Å²) < 4.78 is 12.1. The van der Waals surface area contributed by atoms with Gasteiger partial charge in [-0.05, 0) is 51.8 Å². The van der Waals surface area contributed by atoms with Crippen LogP contribution in [0.1, 0.15) is 48.0 Å². The second kappa shape index (κ2) is 3.24. The average molecular weight is 210 g/mol. The highest BCUT2D eigenvalue weighted by molar-refractivity contribution is 6.48. The molecule has 1 saturated carbocycles. The Bertz CT molecular complexity index is 244. The molecule has 2 atom stereocenters. The number of rotatable bonds is 2. The maximum absolute atomic E-state index is 6.05. The van der Waals surface area contributed by atoms with E-state index < -0.39 is 0 Å². The summed E-state index contributed by atoms with van der Waals surface area (Å²) in [5.74, 6) is 2.19. The lowest BCUT2D eigenvalue weighted by Crippen LogP contribution is -2.41. The third-order valence-electron chi connectivity index (χ3n) is 4.37. The predicted molar refractivity (Wildman–Crippen MR) is 62.8 cm³/mol. The van der Waals surface area contributed by atoms with Gasteiger partial charge in [-0.15, -0.1) is 0 Å². The Morgan fingerprint density at radius 1 is 1.07 bits per heavy atom. The molecular weight excluding hydrogens is 187 g/mol. The van der Waals surface area contributed by atoms with Crippen LogP contribution in [0.2, 0.25) is 5.82 Å². The molecule has 0 unspecified atom stereocenters. The third kappa shape index (κ3) is 1.85. The second-order valence-corrected chi connectivity index (χ2v) is 6.43. The van der Waals surface area contributed by atoms with E-state index in [9.17, 15) is 0 Å². The zero-order valence-electron chi connectivity index (χ0n) is 10.8. The first-order valence-electron chi connectivity index (χ1n) is 6.10. The van der Waals surface area contributed by atoms with Crippen molar-refractivity contribution < 1.29 is 9.31 Å². The van der Waals surface area contributed by atoms with E-state index in [4.69, 9.17) is 9.31 Å². The molecule has 1 heterocycles. The molecule has 2 rings (SSSR count). The van der Waals surface area contributed by atoms with Crippen LogP contribution in [-0.2, 0) is 9.31 Å². The van der Waals surface area contributed by atoms with Gasteiger partial charge in [0.05, 0.1) is 11.2 Å². The van der Waals surface area contributed by atoms with Gasteiger partial charge in [0.2, 0.25) is 0 Å². The molecule has 2 fully saturated rings. The molecular formula is C12H23BO2. The van der Waals surface area contributed by atoms with Crippen molar-refractivity contribution in [3.05, 3.63) is 0 Å². The molecule has 1 aliphatic carbocycles. The molecule has 1 aliphatic heterocycles. The van der Waals surface area contributed by atoms with Crippen molar-refractivity contribution in [3.8, 4) is 0 Å². The smallest absolute Gasteiger partial charge is 0.403 e. The van der Waals surface area contributed by atoms with Crippen molar-refractivity contribution in [1.82, 2.24) is 0 Å². The minimum absolute atomic E-state index is 0.0300. The molecule has 2 aliphatic rings. The summed E-state index contributed by atoms with van der Waals surface area (Å²) in [6.45, 7) is 13.1. The van der Waals surface area contributed by atoms with Crippen LogP contribution in [0.3, 0.4) is 0 Å². The summed E-state index contributed by atoms with van der Waals surface area (Å²) in [6, 6.07) is 0. The van der Waals surface area contributed by atoms with Crippen molar-refractivity contribution in [3.63, 3.8) is 0 Å². The van der Waals surface area contributed by atoms with Crippen molar-refractivity contribution in [2.24, 2.45) is 11.8 Å². The first-order chi connectivity index (χ1) is 6.74. The summed E-state index contributed by atoms with van der Waals surface area (Å²) in [6.07, 6.45) is 1.27. The van der Waals surface area contributed by atoms with Crippen molar-refractivity contribution in [2.75, 3.05) is 0 Å². The van der Waals surface area contributed by atoms with Gasteiger partial charge in [0.25, 0.3) is 0 Å². The predicted octanol–water partition coefficient (Wildman–Crippen LogP) is 3.12. The second-order valence-electron chi connectivity index (χ2n) is 6.43. The van der Waals surface area contributed by atoms with Crippen LogP contribution in [0.25, 0.3) is 0 Å². The molecule has 0 aromatic rings. The van der Waals surface area contributed by atoms with Gasteiger partial charge in [0.15, 0.2) is 0 Å². The minimum atomic E-state index is -0.165. The first-order valence-corrected chi connectivity index (χ1v) is 6.10. The van der Waals surface area contributed by atoms with Crippen LogP contribution < -0.4 is 0 Å². The summed E-state index contributed by atoms with van der Waals surface area (Å²) in [5.41, 5.74) is -0.330. The molecule has 0 amide bonds. The Balaban J connectivity index is 2.00. The highest BCUT2D eigenvalue weighted by atomic mass is 16.7. The van der Waals surface area contributed by atoms with Gasteiger partial charge in [0, 0.05) is 0 Å². The molecule has 86 valence electrons. The van der Waals surface area contributed by atoms with Crippen LogP contribution in [-0.4, -0.2) is 18.3 Å². The van der Waals surface area contributed by atoms with Crippen LogP contribution in [0, 0.1) is 11.8 Å². The van der Waals surface area contributed by atoms with Crippen LogP contribution in [0.4, 0.5) is 0 Å². The summed E-state index contributed by atoms with van der Waals surface area (Å²) in [4.78, 5) is 0. The molecule has 0 aromatic heterocycles. The maximum atomic E-state index is 6.05. The number of hydrogen-bond donors (Lipinski definition) is 0. The van der Waals surface area contributed by atoms with Gasteiger partial charge in [-0.3, -0.25) is 0 Å². The standard InChI is InChI=1S/C12H23BO2/c1-8(2)9-7-10(9)13-14-11(3,4)12(5,6)15-13/h8-10H,7H2,1-6H3/t9-,10+/m1/s1. The van der Waals surface area contributed by atoms with Gasteiger partial charge in [-0.1, -0.05) is 13.8 Å². The van der Waals surface area contributed by atoms with Gasteiger partial charge in [-0.2, -0.15) is 0 Å². The molecule has 0 N–H and O–H groups in total.